The first-order valence-corrected chi connectivity index (χ1v) is 37.4. The molecule has 106 heavy (non-hydrogen) atoms. The van der Waals surface area contributed by atoms with Gasteiger partial charge in [-0.25, -0.2) is 47.8 Å². The molecule has 0 amide bonds. The summed E-state index contributed by atoms with van der Waals surface area (Å²) in [5, 5.41) is 5.65. The summed E-state index contributed by atoms with van der Waals surface area (Å²) in [6.07, 6.45) is 10.3. The Hall–Kier alpha value is -11.8. The molecule has 0 bridgehead atoms. The Balaban J connectivity index is 0.000000102. The van der Waals surface area contributed by atoms with Gasteiger partial charge in [0.05, 0.1) is 55.0 Å². The number of fused-ring (bicyclic) bond motifs is 15. The lowest BCUT2D eigenvalue weighted by atomic mass is 10.0. The number of benzene rings is 5. The van der Waals surface area contributed by atoms with Gasteiger partial charge in [0, 0.05) is 116 Å². The molecule has 17 nitrogen and oxygen atoms in total. The lowest BCUT2D eigenvalue weighted by molar-refractivity contribution is -0.660. The van der Waals surface area contributed by atoms with Crippen molar-refractivity contribution >= 4 is 140 Å². The number of thiophene rings is 3. The number of aryl methyl sites for hydroxylation is 16. The second kappa shape index (κ2) is 27.3. The van der Waals surface area contributed by atoms with Crippen LogP contribution in [-0.4, -0.2) is 24.9 Å². The maximum absolute atomic E-state index is 6.24. The maximum Gasteiger partial charge on any atom is 0.338 e. The second-order valence-electron chi connectivity index (χ2n) is 27.1. The van der Waals surface area contributed by atoms with Gasteiger partial charge in [-0.2, -0.15) is 4.57 Å². The summed E-state index contributed by atoms with van der Waals surface area (Å²) in [4.78, 5) is 24.1. The van der Waals surface area contributed by atoms with Crippen molar-refractivity contribution in [3.63, 3.8) is 0 Å². The molecule has 0 aliphatic heterocycles. The average molecular weight is 1460 g/mol. The van der Waals surface area contributed by atoms with E-state index in [1.165, 1.54) is 86.5 Å². The Labute approximate surface area is 622 Å². The van der Waals surface area contributed by atoms with Crippen LogP contribution in [0.2, 0.25) is 0 Å². The van der Waals surface area contributed by atoms with E-state index in [4.69, 9.17) is 26.5 Å². The maximum atomic E-state index is 6.24. The van der Waals surface area contributed by atoms with E-state index in [2.05, 4.69) is 255 Å². The highest BCUT2D eigenvalue weighted by Crippen LogP contribution is 2.44. The minimum atomic E-state index is 0.497. The van der Waals surface area contributed by atoms with Crippen molar-refractivity contribution in [2.75, 3.05) is 0 Å². The number of hydrogen-bond acceptors (Lipinski definition) is 13. The predicted molar refractivity (Wildman–Crippen MR) is 422 cm³/mol. The lowest BCUT2D eigenvalue weighted by Gasteiger charge is -2.05. The fourth-order valence-corrected chi connectivity index (χ4v) is 17.9. The third kappa shape index (κ3) is 12.2. The first-order chi connectivity index (χ1) is 51.1. The summed E-state index contributed by atoms with van der Waals surface area (Å²) < 4.78 is 51.1. The van der Waals surface area contributed by atoms with Crippen molar-refractivity contribution < 1.29 is 53.9 Å². The van der Waals surface area contributed by atoms with Gasteiger partial charge < -0.3 is 26.5 Å². The minimum Gasteiger partial charge on any atom is -0.439 e. The van der Waals surface area contributed by atoms with Crippen molar-refractivity contribution in [3.05, 3.63) is 240 Å². The Kier molecular flexibility index (Phi) is 17.7. The highest BCUT2D eigenvalue weighted by atomic mass is 32.1. The number of imidazole rings is 1. The number of nitrogens with zero attached hydrogens (tertiary/aromatic N) is 10. The smallest absolute Gasteiger partial charge is 0.338 e. The van der Waals surface area contributed by atoms with Gasteiger partial charge >= 0.3 is 11.5 Å². The normalized spacial score (nSPS) is 11.6. The van der Waals surface area contributed by atoms with Crippen molar-refractivity contribution in [2.24, 2.45) is 42.3 Å². The van der Waals surface area contributed by atoms with Gasteiger partial charge in [0.25, 0.3) is 5.82 Å². The number of pyridine rings is 5. The van der Waals surface area contributed by atoms with Crippen LogP contribution in [0, 0.1) is 69.2 Å². The lowest BCUT2D eigenvalue weighted by Crippen LogP contribution is -2.30. The second-order valence-corrected chi connectivity index (χ2v) is 30.1. The van der Waals surface area contributed by atoms with Crippen LogP contribution in [0.4, 0.5) is 0 Å². The molecular formula is C86H79N11O6S3+6. The molecular weight excluding hydrogens is 1380 g/mol. The fourth-order valence-electron chi connectivity index (χ4n) is 14.3. The van der Waals surface area contributed by atoms with Crippen LogP contribution >= 0.6 is 34.0 Å². The quantitative estimate of drug-likeness (QED) is 0.164. The van der Waals surface area contributed by atoms with E-state index in [0.717, 1.165) is 121 Å². The van der Waals surface area contributed by atoms with Gasteiger partial charge in [-0.05, 0) is 129 Å². The molecule has 0 unspecified atom stereocenters. The number of aromatic nitrogens is 11. The van der Waals surface area contributed by atoms with E-state index < -0.39 is 0 Å². The van der Waals surface area contributed by atoms with Crippen LogP contribution in [0.5, 0.6) is 0 Å². The van der Waals surface area contributed by atoms with Gasteiger partial charge in [-0.3, -0.25) is 0 Å². The highest BCUT2D eigenvalue weighted by molar-refractivity contribution is 7.26. The SMILES string of the molecule is Cc1ccc2c(oc3c2[nH]c(C)[n+]3C)c1-c1cccc[n+]1C.Cc1nc2c(o1)oc1cc(-c3cccc[n+]3C)c(C)cc12.Cc1nc2c(o1)sc1c(-c3cccc[n+]3C)c(C)ccc12.Cc1nc2c(o1)sc1cc(-c3cccc[n+]3C)c(C)cc12.Cc1nc2sc3c(-c4cccc[n+]4C)c(C)ccc3c2o1. The number of aromatic amines is 1. The first-order valence-electron chi connectivity index (χ1n) is 35.0. The number of furan rings is 2. The van der Waals surface area contributed by atoms with Gasteiger partial charge in [-0.15, -0.1) is 11.3 Å². The zero-order chi connectivity index (χ0) is 73.7. The molecule has 20 rings (SSSR count). The van der Waals surface area contributed by atoms with E-state index in [0.29, 0.717) is 11.7 Å². The zero-order valence-corrected chi connectivity index (χ0v) is 64.4. The number of hydrogen-bond donors (Lipinski definition) is 1. The van der Waals surface area contributed by atoms with Crippen molar-refractivity contribution in [1.29, 1.82) is 0 Å². The van der Waals surface area contributed by atoms with Crippen LogP contribution in [0.3, 0.4) is 0 Å². The molecule has 0 spiro atoms. The molecule has 0 fully saturated rings. The van der Waals surface area contributed by atoms with Crippen LogP contribution in [-0.2, 0) is 42.3 Å². The zero-order valence-electron chi connectivity index (χ0n) is 62.0. The van der Waals surface area contributed by atoms with Crippen molar-refractivity contribution in [1.82, 2.24) is 24.9 Å². The molecule has 20 heteroatoms. The van der Waals surface area contributed by atoms with E-state index in [9.17, 15) is 0 Å². The topological polar surface area (TPSA) is 169 Å². The summed E-state index contributed by atoms with van der Waals surface area (Å²) in [6, 6.07) is 52.8. The standard InChI is InChI=1S/C18H18N3O.C17H15N2O2.3C17H15N2OS/c1-11-8-9-13-16-18(21(4)12(2)19-16)22-17(13)15(11)14-7-5-6-10-20(14)3;1-10-8-13-15(21-17-16(13)18-11(2)20-17)9-12(10)14-6-4-5-7-19(14)3;1-10-7-8-12-15-17(18-11(2)20-15)21-16(12)14(10)13-6-4-5-9-19(13)3;1-10-7-8-12-15-17(20-11(2)18-15)21-16(12)14(10)13-6-4-5-9-19(13)3;1-10-8-13-15(21-17-16(13)18-11(2)20-17)9-12(10)14-6-4-5-7-19(14)3/h5-10H,1-4H3;4*4-9H,1-3H3/q5*+1/p+1. The van der Waals surface area contributed by atoms with Crippen molar-refractivity contribution in [3.8, 4) is 56.3 Å². The molecule has 0 radical (unpaired) electrons. The van der Waals surface area contributed by atoms with E-state index >= 15 is 0 Å². The molecule has 15 heterocycles. The Bertz CT molecular complexity index is 6520. The predicted octanol–water partition coefficient (Wildman–Crippen LogP) is 19.0. The molecule has 0 aliphatic carbocycles. The van der Waals surface area contributed by atoms with Gasteiger partial charge in [0.15, 0.2) is 76.1 Å². The number of H-pyrrole nitrogens is 1. The third-order valence-electron chi connectivity index (χ3n) is 19.8. The average Bonchev–Trinajstić information content (AvgIpc) is 1.60. The van der Waals surface area contributed by atoms with E-state index in [-0.39, 0.29) is 0 Å². The Morgan fingerprint density at radius 1 is 0.349 bits per heavy atom. The Morgan fingerprint density at radius 3 is 1.37 bits per heavy atom. The summed E-state index contributed by atoms with van der Waals surface area (Å²) >= 11 is 5.06. The first kappa shape index (κ1) is 68.6. The summed E-state index contributed by atoms with van der Waals surface area (Å²) in [5.74, 6) is 4.40. The van der Waals surface area contributed by atoms with Crippen LogP contribution < -0.4 is 27.4 Å². The van der Waals surface area contributed by atoms with Gasteiger partial charge in [0.1, 0.15) is 51.9 Å². The highest BCUT2D eigenvalue weighted by Gasteiger charge is 2.28. The molecule has 5 aromatic carbocycles. The fraction of sp³-hybridized carbons (Fsp3) is 0.186. The summed E-state index contributed by atoms with van der Waals surface area (Å²) in [5.41, 5.74) is 25.6. The monoisotopic (exact) mass is 1460 g/mol. The molecule has 0 atom stereocenters. The summed E-state index contributed by atoms with van der Waals surface area (Å²) in [6.45, 7) is 20.2. The van der Waals surface area contributed by atoms with E-state index in [1.54, 1.807) is 34.0 Å². The molecule has 526 valence electrons. The Morgan fingerprint density at radius 2 is 0.802 bits per heavy atom. The van der Waals surface area contributed by atoms with E-state index in [1.807, 2.05) is 91.3 Å². The molecule has 0 saturated carbocycles. The molecule has 0 saturated heterocycles. The third-order valence-corrected chi connectivity index (χ3v) is 23.0. The number of rotatable bonds is 5. The largest absolute Gasteiger partial charge is 0.439 e. The van der Waals surface area contributed by atoms with Gasteiger partial charge in [0.2, 0.25) is 43.8 Å². The number of nitrogens with one attached hydrogen (secondary N) is 1. The molecule has 20 aromatic rings. The molecule has 15 aromatic heterocycles. The van der Waals surface area contributed by atoms with Crippen LogP contribution in [0.15, 0.2) is 209 Å². The molecule has 0 aliphatic rings. The van der Waals surface area contributed by atoms with Crippen LogP contribution in [0.25, 0.3) is 162 Å². The summed E-state index contributed by atoms with van der Waals surface area (Å²) in [7, 11) is 12.3. The van der Waals surface area contributed by atoms with Gasteiger partial charge in [-0.1, -0.05) is 46.9 Å². The minimum absolute atomic E-state index is 0.497. The number of oxazole rings is 4. The van der Waals surface area contributed by atoms with Crippen LogP contribution in [0.1, 0.15) is 57.2 Å². The molecule has 1 N–H and O–H groups in total. The van der Waals surface area contributed by atoms with Crippen molar-refractivity contribution in [2.45, 2.75) is 69.2 Å².